The molecular weight excluding hydrogens is 507 g/mol. The van der Waals surface area contributed by atoms with E-state index in [-0.39, 0.29) is 11.7 Å². The summed E-state index contributed by atoms with van der Waals surface area (Å²) in [7, 11) is 1.59. The number of carbonyl (C=O) groups excluding carboxylic acids is 1. The fraction of sp³-hybridized carbons (Fsp3) is 0.125. The van der Waals surface area contributed by atoms with E-state index in [2.05, 4.69) is 31.4 Å². The van der Waals surface area contributed by atoms with Crippen LogP contribution in [0.15, 0.2) is 76.4 Å². The average Bonchev–Trinajstić information content (AvgIpc) is 3.23. The molecule has 4 aromatic rings. The van der Waals surface area contributed by atoms with Gasteiger partial charge in [-0.1, -0.05) is 39.8 Å². The lowest BCUT2D eigenvalue weighted by Gasteiger charge is -2.12. The first-order valence-corrected chi connectivity index (χ1v) is 11.8. The van der Waals surface area contributed by atoms with Crippen LogP contribution in [0.3, 0.4) is 0 Å². The van der Waals surface area contributed by atoms with E-state index >= 15 is 0 Å². The van der Waals surface area contributed by atoms with Crippen molar-refractivity contribution in [2.24, 2.45) is 0 Å². The van der Waals surface area contributed by atoms with Gasteiger partial charge in [0.25, 0.3) is 0 Å². The molecular formula is C24H20BrFN4O2S. The molecule has 0 saturated carbocycles. The largest absolute Gasteiger partial charge is 0.497 e. The summed E-state index contributed by atoms with van der Waals surface area (Å²) in [5.41, 5.74) is 2.74. The Kier molecular flexibility index (Phi) is 7.10. The second-order valence-corrected chi connectivity index (χ2v) is 8.97. The molecule has 0 radical (unpaired) electrons. The highest BCUT2D eigenvalue weighted by Gasteiger charge is 2.19. The zero-order valence-corrected chi connectivity index (χ0v) is 20.3. The number of benzene rings is 3. The minimum absolute atomic E-state index is 0.112. The van der Waals surface area contributed by atoms with Gasteiger partial charge in [-0.15, -0.1) is 10.2 Å². The number of aromatic nitrogens is 3. The molecule has 0 fully saturated rings. The number of methoxy groups -OCH3 is 1. The van der Waals surface area contributed by atoms with E-state index in [1.165, 1.54) is 17.8 Å². The number of anilines is 1. The molecule has 0 aliphatic carbocycles. The molecule has 33 heavy (non-hydrogen) atoms. The van der Waals surface area contributed by atoms with Gasteiger partial charge >= 0.3 is 0 Å². The molecule has 1 aromatic heterocycles. The van der Waals surface area contributed by atoms with Gasteiger partial charge in [0, 0.05) is 10.2 Å². The second kappa shape index (κ2) is 10.2. The van der Waals surface area contributed by atoms with Gasteiger partial charge in [0.05, 0.1) is 24.1 Å². The van der Waals surface area contributed by atoms with E-state index in [0.29, 0.717) is 22.3 Å². The topological polar surface area (TPSA) is 69.0 Å². The predicted molar refractivity (Wildman–Crippen MR) is 132 cm³/mol. The molecule has 1 heterocycles. The highest BCUT2D eigenvalue weighted by Crippen LogP contribution is 2.30. The van der Waals surface area contributed by atoms with Crippen LogP contribution in [0, 0.1) is 12.7 Å². The molecule has 168 valence electrons. The number of nitrogens with one attached hydrogen (secondary N) is 1. The van der Waals surface area contributed by atoms with Crippen molar-refractivity contribution in [3.05, 3.63) is 82.6 Å². The van der Waals surface area contributed by atoms with Crippen LogP contribution >= 0.6 is 27.7 Å². The normalized spacial score (nSPS) is 10.8. The molecule has 0 saturated heterocycles. The van der Waals surface area contributed by atoms with E-state index < -0.39 is 5.82 Å². The maximum atomic E-state index is 14.5. The first kappa shape index (κ1) is 23.0. The molecule has 0 atom stereocenters. The molecule has 0 aliphatic rings. The summed E-state index contributed by atoms with van der Waals surface area (Å²) in [5.74, 6) is 0.575. The van der Waals surface area contributed by atoms with Gasteiger partial charge in [-0.3, -0.25) is 9.36 Å². The van der Waals surface area contributed by atoms with Gasteiger partial charge in [-0.05, 0) is 67.1 Å². The van der Waals surface area contributed by atoms with E-state index in [0.717, 1.165) is 21.4 Å². The molecule has 4 rings (SSSR count). The van der Waals surface area contributed by atoms with Crippen molar-refractivity contribution in [3.63, 3.8) is 0 Å². The standard InChI is InChI=1S/C24H20BrFN4O2S/c1-15-13-16(25)7-12-21(15)27-22(31)14-33-24-29-28-23(19-5-3-4-6-20(19)26)30(24)17-8-10-18(32-2)11-9-17/h3-13H,14H2,1-2H3,(H,27,31). The van der Waals surface area contributed by atoms with Gasteiger partial charge in [0.2, 0.25) is 5.91 Å². The number of hydrogen-bond acceptors (Lipinski definition) is 5. The summed E-state index contributed by atoms with van der Waals surface area (Å²) in [6.45, 7) is 1.93. The van der Waals surface area contributed by atoms with Gasteiger partial charge in [-0.2, -0.15) is 0 Å². The van der Waals surface area contributed by atoms with Crippen LogP contribution in [0.2, 0.25) is 0 Å². The first-order chi connectivity index (χ1) is 16.0. The third kappa shape index (κ3) is 5.26. The van der Waals surface area contributed by atoms with Crippen molar-refractivity contribution in [1.82, 2.24) is 14.8 Å². The summed E-state index contributed by atoms with van der Waals surface area (Å²) in [5, 5.41) is 11.9. The van der Waals surface area contributed by atoms with Crippen molar-refractivity contribution in [2.75, 3.05) is 18.2 Å². The number of thioether (sulfide) groups is 1. The quantitative estimate of drug-likeness (QED) is 0.304. The molecule has 3 aromatic carbocycles. The smallest absolute Gasteiger partial charge is 0.234 e. The summed E-state index contributed by atoms with van der Waals surface area (Å²) in [6, 6.07) is 19.3. The number of rotatable bonds is 7. The zero-order valence-electron chi connectivity index (χ0n) is 17.9. The Morgan fingerprint density at radius 1 is 1.12 bits per heavy atom. The van der Waals surface area contributed by atoms with Crippen molar-refractivity contribution in [3.8, 4) is 22.8 Å². The van der Waals surface area contributed by atoms with Crippen molar-refractivity contribution in [1.29, 1.82) is 0 Å². The Morgan fingerprint density at radius 2 is 1.88 bits per heavy atom. The van der Waals surface area contributed by atoms with Crippen LogP contribution in [-0.4, -0.2) is 33.5 Å². The van der Waals surface area contributed by atoms with Crippen LogP contribution in [0.4, 0.5) is 10.1 Å². The minimum Gasteiger partial charge on any atom is -0.497 e. The molecule has 0 bridgehead atoms. The lowest BCUT2D eigenvalue weighted by atomic mass is 10.2. The Balaban J connectivity index is 1.62. The zero-order chi connectivity index (χ0) is 23.4. The number of ether oxygens (including phenoxy) is 1. The SMILES string of the molecule is COc1ccc(-n2c(SCC(=O)Nc3ccc(Br)cc3C)nnc2-c2ccccc2F)cc1. The molecule has 1 amide bonds. The summed E-state index contributed by atoms with van der Waals surface area (Å²) in [4.78, 5) is 12.6. The van der Waals surface area contributed by atoms with Crippen LogP contribution in [0.25, 0.3) is 17.1 Å². The summed E-state index contributed by atoms with van der Waals surface area (Å²) >= 11 is 4.64. The maximum Gasteiger partial charge on any atom is 0.234 e. The van der Waals surface area contributed by atoms with Gasteiger partial charge in [0.1, 0.15) is 11.6 Å². The fourth-order valence-electron chi connectivity index (χ4n) is 3.23. The summed E-state index contributed by atoms with van der Waals surface area (Å²) < 4.78 is 22.5. The number of aryl methyl sites for hydroxylation is 1. The molecule has 9 heteroatoms. The van der Waals surface area contributed by atoms with Gasteiger partial charge in [-0.25, -0.2) is 4.39 Å². The molecule has 6 nitrogen and oxygen atoms in total. The monoisotopic (exact) mass is 526 g/mol. The first-order valence-electron chi connectivity index (χ1n) is 10.00. The molecule has 0 aliphatic heterocycles. The van der Waals surface area contributed by atoms with Crippen molar-refractivity contribution in [2.45, 2.75) is 12.1 Å². The number of nitrogens with zero attached hydrogens (tertiary/aromatic N) is 3. The van der Waals surface area contributed by atoms with Crippen molar-refractivity contribution < 1.29 is 13.9 Å². The highest BCUT2D eigenvalue weighted by atomic mass is 79.9. The van der Waals surface area contributed by atoms with Gasteiger partial charge in [0.15, 0.2) is 11.0 Å². The Morgan fingerprint density at radius 3 is 2.58 bits per heavy atom. The van der Waals surface area contributed by atoms with E-state index in [4.69, 9.17) is 4.74 Å². The van der Waals surface area contributed by atoms with Crippen LogP contribution < -0.4 is 10.1 Å². The highest BCUT2D eigenvalue weighted by molar-refractivity contribution is 9.10. The third-order valence-electron chi connectivity index (χ3n) is 4.87. The third-order valence-corrected chi connectivity index (χ3v) is 6.30. The predicted octanol–water partition coefficient (Wildman–Crippen LogP) is 5.88. The van der Waals surface area contributed by atoms with Crippen LogP contribution in [0.1, 0.15) is 5.56 Å². The molecule has 0 unspecified atom stereocenters. The number of hydrogen-bond donors (Lipinski definition) is 1. The van der Waals surface area contributed by atoms with Crippen LogP contribution in [-0.2, 0) is 4.79 Å². The molecule has 0 spiro atoms. The fourth-order valence-corrected chi connectivity index (χ4v) is 4.46. The van der Waals surface area contributed by atoms with E-state index in [9.17, 15) is 9.18 Å². The number of carbonyl (C=O) groups is 1. The number of amides is 1. The van der Waals surface area contributed by atoms with Gasteiger partial charge < -0.3 is 10.1 Å². The Hall–Kier alpha value is -3.17. The maximum absolute atomic E-state index is 14.5. The Labute approximate surface area is 203 Å². The average molecular weight is 527 g/mol. The lowest BCUT2D eigenvalue weighted by molar-refractivity contribution is -0.113. The number of halogens is 2. The van der Waals surface area contributed by atoms with Crippen LogP contribution in [0.5, 0.6) is 5.75 Å². The Bertz CT molecular complexity index is 1290. The lowest BCUT2D eigenvalue weighted by Crippen LogP contribution is -2.15. The van der Waals surface area contributed by atoms with E-state index in [1.807, 2.05) is 37.3 Å². The van der Waals surface area contributed by atoms with Crippen molar-refractivity contribution >= 4 is 39.3 Å². The second-order valence-electron chi connectivity index (χ2n) is 7.12. The minimum atomic E-state index is -0.403. The molecule has 1 N–H and O–H groups in total. The van der Waals surface area contributed by atoms with E-state index in [1.54, 1.807) is 42.0 Å². The summed E-state index contributed by atoms with van der Waals surface area (Å²) in [6.07, 6.45) is 0.